The van der Waals surface area contributed by atoms with Crippen molar-refractivity contribution in [2.24, 2.45) is 0 Å². The molecule has 8 heteroatoms. The van der Waals surface area contributed by atoms with Crippen molar-refractivity contribution in [1.82, 2.24) is 10.3 Å². The molecule has 1 aliphatic heterocycles. The van der Waals surface area contributed by atoms with Crippen LogP contribution in [0.5, 0.6) is 11.5 Å². The van der Waals surface area contributed by atoms with Gasteiger partial charge < -0.3 is 24.9 Å². The molecule has 28 heavy (non-hydrogen) atoms. The third-order valence-electron chi connectivity index (χ3n) is 4.60. The predicted molar refractivity (Wildman–Crippen MR) is 105 cm³/mol. The molecule has 1 atom stereocenters. The number of aromatic amines is 1. The zero-order valence-electron chi connectivity index (χ0n) is 14.8. The summed E-state index contributed by atoms with van der Waals surface area (Å²) >= 11 is 3.37. The fourth-order valence-electron chi connectivity index (χ4n) is 3.31. The summed E-state index contributed by atoms with van der Waals surface area (Å²) in [6.45, 7) is 0.544. The molecule has 1 amide bonds. The number of fused-ring (bicyclic) bond motifs is 2. The highest BCUT2D eigenvalue weighted by atomic mass is 79.9. The second-order valence-corrected chi connectivity index (χ2v) is 7.45. The first kappa shape index (κ1) is 18.8. The smallest absolute Gasteiger partial charge is 0.255 e. The lowest BCUT2D eigenvalue weighted by Crippen LogP contribution is -2.39. The Balaban J connectivity index is 1.55. The van der Waals surface area contributed by atoms with Gasteiger partial charge in [-0.1, -0.05) is 15.9 Å². The van der Waals surface area contributed by atoms with Crippen molar-refractivity contribution >= 4 is 32.7 Å². The third kappa shape index (κ3) is 3.70. The van der Waals surface area contributed by atoms with Gasteiger partial charge >= 0.3 is 0 Å². The van der Waals surface area contributed by atoms with Gasteiger partial charge in [0.2, 0.25) is 0 Å². The molecular formula is C20H18BrFN2O4. The Bertz CT molecular complexity index is 1040. The number of aliphatic hydroxyl groups excluding tert-OH is 1. The van der Waals surface area contributed by atoms with Crippen LogP contribution in [0, 0.1) is 5.82 Å². The second kappa shape index (κ2) is 7.81. The fraction of sp³-hybridized carbons (Fsp3) is 0.250. The normalized spacial score (nSPS) is 14.1. The Morgan fingerprint density at radius 2 is 2.11 bits per heavy atom. The summed E-state index contributed by atoms with van der Waals surface area (Å²) < 4.78 is 25.2. The minimum atomic E-state index is -0.518. The maximum atomic E-state index is 13.4. The quantitative estimate of drug-likeness (QED) is 0.559. The number of halogens is 2. The fourth-order valence-corrected chi connectivity index (χ4v) is 3.74. The molecule has 146 valence electrons. The van der Waals surface area contributed by atoms with Crippen LogP contribution in [0.15, 0.2) is 41.0 Å². The number of benzene rings is 2. The summed E-state index contributed by atoms with van der Waals surface area (Å²) in [7, 11) is 0. The molecule has 2 heterocycles. The second-order valence-electron chi connectivity index (χ2n) is 6.54. The van der Waals surface area contributed by atoms with Gasteiger partial charge in [-0.3, -0.25) is 4.79 Å². The number of hydrogen-bond donors (Lipinski definition) is 3. The average molecular weight is 449 g/mol. The van der Waals surface area contributed by atoms with Crippen molar-refractivity contribution in [1.29, 1.82) is 0 Å². The molecule has 6 nitrogen and oxygen atoms in total. The largest absolute Gasteiger partial charge is 0.486 e. The lowest BCUT2D eigenvalue weighted by Gasteiger charge is -2.22. The Morgan fingerprint density at radius 3 is 2.93 bits per heavy atom. The van der Waals surface area contributed by atoms with Crippen molar-refractivity contribution in [3.63, 3.8) is 0 Å². The highest BCUT2D eigenvalue weighted by Gasteiger charge is 2.24. The van der Waals surface area contributed by atoms with Crippen LogP contribution in [0.2, 0.25) is 0 Å². The molecule has 0 radical (unpaired) electrons. The average Bonchev–Trinajstić information content (AvgIpc) is 3.08. The van der Waals surface area contributed by atoms with Crippen molar-refractivity contribution in [2.75, 3.05) is 19.8 Å². The van der Waals surface area contributed by atoms with Crippen LogP contribution < -0.4 is 14.8 Å². The molecule has 0 fully saturated rings. The lowest BCUT2D eigenvalue weighted by molar-refractivity contribution is 0.0905. The Hall–Kier alpha value is -2.58. The number of aromatic nitrogens is 1. The van der Waals surface area contributed by atoms with Crippen LogP contribution in [0.4, 0.5) is 4.39 Å². The van der Waals surface area contributed by atoms with Gasteiger partial charge in [-0.05, 0) is 42.3 Å². The van der Waals surface area contributed by atoms with Gasteiger partial charge in [0, 0.05) is 21.6 Å². The number of carbonyl (C=O) groups excluding carboxylic acids is 1. The molecule has 3 aromatic rings. The molecule has 0 saturated carbocycles. The number of hydrogen-bond acceptors (Lipinski definition) is 4. The van der Waals surface area contributed by atoms with E-state index >= 15 is 0 Å². The van der Waals surface area contributed by atoms with Gasteiger partial charge in [-0.15, -0.1) is 0 Å². The molecule has 0 spiro atoms. The van der Waals surface area contributed by atoms with Gasteiger partial charge in [0.1, 0.15) is 19.0 Å². The Kier molecular flexibility index (Phi) is 5.23. The number of carbonyl (C=O) groups is 1. The summed E-state index contributed by atoms with van der Waals surface area (Å²) in [5.41, 5.74) is 1.89. The number of H-pyrrole nitrogens is 1. The number of rotatable bonds is 5. The number of aliphatic hydroxyl groups is 1. The van der Waals surface area contributed by atoms with Gasteiger partial charge in [-0.25, -0.2) is 4.39 Å². The number of amides is 1. The van der Waals surface area contributed by atoms with E-state index in [4.69, 9.17) is 9.47 Å². The molecule has 1 unspecified atom stereocenters. The molecule has 0 bridgehead atoms. The minimum Gasteiger partial charge on any atom is -0.486 e. The summed E-state index contributed by atoms with van der Waals surface area (Å²) in [6, 6.07) is 7.37. The first-order valence-electron chi connectivity index (χ1n) is 8.81. The van der Waals surface area contributed by atoms with E-state index in [1.165, 1.54) is 12.1 Å². The van der Waals surface area contributed by atoms with Crippen LogP contribution >= 0.6 is 15.9 Å². The topological polar surface area (TPSA) is 83.6 Å². The standard InChI is InChI=1S/C20H18BrFN2O4/c21-12-6-16(19-18(7-12)27-3-4-28-19)20(26)24-14(10-25)5-11-9-23-17-8-13(22)1-2-15(11)17/h1-2,6-9,14,23,25H,3-5,10H2,(H,24,26). The van der Waals surface area contributed by atoms with E-state index in [1.54, 1.807) is 24.4 Å². The summed E-state index contributed by atoms with van der Waals surface area (Å²) in [4.78, 5) is 15.9. The van der Waals surface area contributed by atoms with Crippen molar-refractivity contribution in [2.45, 2.75) is 12.5 Å². The summed E-state index contributed by atoms with van der Waals surface area (Å²) in [5.74, 6) is 0.207. The Morgan fingerprint density at radius 1 is 1.29 bits per heavy atom. The molecule has 1 aromatic heterocycles. The van der Waals surface area contributed by atoms with Gasteiger partial charge in [0.25, 0.3) is 5.91 Å². The van der Waals surface area contributed by atoms with Crippen LogP contribution in [0.3, 0.4) is 0 Å². The van der Waals surface area contributed by atoms with E-state index in [0.717, 1.165) is 10.9 Å². The summed E-state index contributed by atoms with van der Waals surface area (Å²) in [6.07, 6.45) is 2.15. The molecule has 1 aliphatic rings. The monoisotopic (exact) mass is 448 g/mol. The minimum absolute atomic E-state index is 0.243. The molecular weight excluding hydrogens is 431 g/mol. The van der Waals surface area contributed by atoms with Gasteiger partial charge in [0.15, 0.2) is 11.5 Å². The SMILES string of the molecule is O=C(NC(CO)Cc1c[nH]c2cc(F)ccc12)c1cc(Br)cc2c1OCCO2. The van der Waals surface area contributed by atoms with E-state index in [1.807, 2.05) is 0 Å². The van der Waals surface area contributed by atoms with E-state index in [2.05, 4.69) is 26.2 Å². The van der Waals surface area contributed by atoms with Crippen molar-refractivity contribution < 1.29 is 23.8 Å². The molecule has 0 aliphatic carbocycles. The maximum absolute atomic E-state index is 13.4. The summed E-state index contributed by atoms with van der Waals surface area (Å²) in [5, 5.41) is 13.5. The molecule has 2 aromatic carbocycles. The van der Waals surface area contributed by atoms with Crippen LogP contribution in [-0.4, -0.2) is 41.9 Å². The molecule has 4 rings (SSSR count). The van der Waals surface area contributed by atoms with E-state index in [9.17, 15) is 14.3 Å². The number of ether oxygens (including phenoxy) is 2. The lowest BCUT2D eigenvalue weighted by atomic mass is 10.0. The van der Waals surface area contributed by atoms with Gasteiger partial charge in [0.05, 0.1) is 18.2 Å². The van der Waals surface area contributed by atoms with E-state index < -0.39 is 6.04 Å². The number of nitrogens with one attached hydrogen (secondary N) is 2. The molecule has 0 saturated heterocycles. The van der Waals surface area contributed by atoms with Crippen LogP contribution in [-0.2, 0) is 6.42 Å². The predicted octanol–water partition coefficient (Wildman–Crippen LogP) is 3.17. The zero-order chi connectivity index (χ0) is 19.7. The van der Waals surface area contributed by atoms with Crippen LogP contribution in [0.25, 0.3) is 10.9 Å². The maximum Gasteiger partial charge on any atom is 0.255 e. The Labute approximate surface area is 168 Å². The highest BCUT2D eigenvalue weighted by Crippen LogP contribution is 2.37. The van der Waals surface area contributed by atoms with Crippen molar-refractivity contribution in [3.8, 4) is 11.5 Å². The highest BCUT2D eigenvalue weighted by molar-refractivity contribution is 9.10. The zero-order valence-corrected chi connectivity index (χ0v) is 16.4. The van der Waals surface area contributed by atoms with E-state index in [0.29, 0.717) is 46.7 Å². The van der Waals surface area contributed by atoms with Gasteiger partial charge in [-0.2, -0.15) is 0 Å². The van der Waals surface area contributed by atoms with Crippen molar-refractivity contribution in [3.05, 3.63) is 57.9 Å². The van der Waals surface area contributed by atoms with Crippen LogP contribution in [0.1, 0.15) is 15.9 Å². The third-order valence-corrected chi connectivity index (χ3v) is 5.06. The van der Waals surface area contributed by atoms with E-state index in [-0.39, 0.29) is 18.3 Å². The molecule has 3 N–H and O–H groups in total. The first-order chi connectivity index (χ1) is 13.5. The first-order valence-corrected chi connectivity index (χ1v) is 9.61.